The molecule has 0 saturated heterocycles. The van der Waals surface area contributed by atoms with Gasteiger partial charge in [-0.1, -0.05) is 28.9 Å². The number of anilines is 1. The van der Waals surface area contributed by atoms with Crippen molar-refractivity contribution in [3.63, 3.8) is 0 Å². The molecule has 0 saturated carbocycles. The Morgan fingerprint density at radius 1 is 1.14 bits per heavy atom. The fourth-order valence-electron chi connectivity index (χ4n) is 2.29. The first-order chi connectivity index (χ1) is 10.0. The minimum atomic E-state index is -0.346. The number of benzene rings is 2. The van der Waals surface area contributed by atoms with Gasteiger partial charge in [-0.25, -0.2) is 4.39 Å². The summed E-state index contributed by atoms with van der Waals surface area (Å²) >= 11 is 6.08. The highest BCUT2D eigenvalue weighted by molar-refractivity contribution is 6.31. The number of halogens is 2. The Kier molecular flexibility index (Phi) is 3.39. The van der Waals surface area contributed by atoms with E-state index in [1.54, 1.807) is 18.2 Å². The second-order valence-electron chi connectivity index (χ2n) is 4.80. The van der Waals surface area contributed by atoms with Crippen LogP contribution in [0, 0.1) is 12.7 Å². The molecule has 3 nitrogen and oxygen atoms in total. The van der Waals surface area contributed by atoms with Crippen molar-refractivity contribution < 1.29 is 8.91 Å². The zero-order valence-corrected chi connectivity index (χ0v) is 12.0. The number of aromatic nitrogens is 1. The molecule has 0 aliphatic rings. The molecule has 0 fully saturated rings. The van der Waals surface area contributed by atoms with Gasteiger partial charge in [-0.2, -0.15) is 0 Å². The van der Waals surface area contributed by atoms with Gasteiger partial charge in [-0.05, 0) is 48.4 Å². The van der Waals surface area contributed by atoms with Crippen molar-refractivity contribution in [3.05, 3.63) is 58.9 Å². The predicted molar refractivity (Wildman–Crippen MR) is 81.5 cm³/mol. The molecule has 2 aromatic carbocycles. The molecule has 21 heavy (non-hydrogen) atoms. The Hall–Kier alpha value is -2.33. The lowest BCUT2D eigenvalue weighted by molar-refractivity contribution is 0.436. The molecule has 1 heterocycles. The van der Waals surface area contributed by atoms with Crippen LogP contribution in [0.3, 0.4) is 0 Å². The summed E-state index contributed by atoms with van der Waals surface area (Å²) in [6.07, 6.45) is 0. The summed E-state index contributed by atoms with van der Waals surface area (Å²) in [4.78, 5) is 0. The lowest BCUT2D eigenvalue weighted by Crippen LogP contribution is -1.90. The number of nitrogens with two attached hydrogens (primary N) is 1. The number of nitrogen functional groups attached to an aromatic ring is 1. The molecule has 0 unspecified atom stereocenters. The minimum Gasteiger partial charge on any atom is -0.380 e. The van der Waals surface area contributed by atoms with Crippen LogP contribution in [0.5, 0.6) is 0 Å². The van der Waals surface area contributed by atoms with Gasteiger partial charge in [0.25, 0.3) is 0 Å². The van der Waals surface area contributed by atoms with E-state index in [0.717, 1.165) is 11.1 Å². The zero-order chi connectivity index (χ0) is 15.0. The van der Waals surface area contributed by atoms with E-state index in [9.17, 15) is 4.39 Å². The first kappa shape index (κ1) is 13.6. The van der Waals surface area contributed by atoms with Gasteiger partial charge in [0.15, 0.2) is 11.6 Å². The predicted octanol–water partition coefficient (Wildman–Crippen LogP) is 4.69. The van der Waals surface area contributed by atoms with Gasteiger partial charge in [0, 0.05) is 10.6 Å². The second-order valence-corrected chi connectivity index (χ2v) is 5.24. The third-order valence-electron chi connectivity index (χ3n) is 3.14. The number of aryl methyl sites for hydroxylation is 1. The lowest BCUT2D eigenvalue weighted by atomic mass is 10.0. The average Bonchev–Trinajstić information content (AvgIpc) is 2.79. The summed E-state index contributed by atoms with van der Waals surface area (Å²) in [7, 11) is 0. The summed E-state index contributed by atoms with van der Waals surface area (Å²) in [6.45, 7) is 1.93. The van der Waals surface area contributed by atoms with Gasteiger partial charge < -0.3 is 10.3 Å². The molecule has 0 spiro atoms. The molecule has 106 valence electrons. The maximum Gasteiger partial charge on any atom is 0.176 e. The summed E-state index contributed by atoms with van der Waals surface area (Å²) in [6, 6.07) is 11.6. The average molecular weight is 303 g/mol. The standard InChI is InChI=1S/C16H12ClFN2O/c1-9-5-11(7-12(17)6-9)15-14(16(19)20-21-15)10-3-2-4-13(18)8-10/h2-8H,1H3,(H2,19,20). The first-order valence-corrected chi connectivity index (χ1v) is 6.71. The molecule has 0 atom stereocenters. The Balaban J connectivity index is 2.21. The van der Waals surface area contributed by atoms with Crippen molar-refractivity contribution in [3.8, 4) is 22.5 Å². The van der Waals surface area contributed by atoms with Crippen molar-refractivity contribution >= 4 is 17.4 Å². The zero-order valence-electron chi connectivity index (χ0n) is 11.2. The molecule has 0 amide bonds. The summed E-state index contributed by atoms with van der Waals surface area (Å²) in [5.41, 5.74) is 8.79. The Morgan fingerprint density at radius 2 is 1.95 bits per heavy atom. The first-order valence-electron chi connectivity index (χ1n) is 6.33. The third kappa shape index (κ3) is 2.62. The molecule has 0 bridgehead atoms. The summed E-state index contributed by atoms with van der Waals surface area (Å²) < 4.78 is 18.8. The minimum absolute atomic E-state index is 0.216. The van der Waals surface area contributed by atoms with E-state index < -0.39 is 0 Å². The molecule has 0 radical (unpaired) electrons. The van der Waals surface area contributed by atoms with Gasteiger partial charge in [-0.15, -0.1) is 0 Å². The van der Waals surface area contributed by atoms with Gasteiger partial charge in [0.2, 0.25) is 0 Å². The number of rotatable bonds is 2. The highest BCUT2D eigenvalue weighted by Gasteiger charge is 2.18. The monoisotopic (exact) mass is 302 g/mol. The van der Waals surface area contributed by atoms with E-state index >= 15 is 0 Å². The molecular formula is C16H12ClFN2O. The van der Waals surface area contributed by atoms with Crippen LogP contribution >= 0.6 is 11.6 Å². The van der Waals surface area contributed by atoms with Crippen molar-refractivity contribution in [1.29, 1.82) is 0 Å². The smallest absolute Gasteiger partial charge is 0.176 e. The van der Waals surface area contributed by atoms with Crippen LogP contribution in [-0.4, -0.2) is 5.16 Å². The molecule has 0 aliphatic carbocycles. The fourth-order valence-corrected chi connectivity index (χ4v) is 2.58. The summed E-state index contributed by atoms with van der Waals surface area (Å²) in [5.74, 6) is 0.346. The van der Waals surface area contributed by atoms with Crippen LogP contribution in [0.4, 0.5) is 10.2 Å². The van der Waals surface area contributed by atoms with E-state index in [2.05, 4.69) is 5.16 Å². The van der Waals surface area contributed by atoms with Crippen molar-refractivity contribution in [2.45, 2.75) is 6.92 Å². The number of hydrogen-bond acceptors (Lipinski definition) is 3. The van der Waals surface area contributed by atoms with Crippen LogP contribution in [0.1, 0.15) is 5.56 Å². The largest absolute Gasteiger partial charge is 0.380 e. The highest BCUT2D eigenvalue weighted by Crippen LogP contribution is 2.37. The Morgan fingerprint density at radius 3 is 2.67 bits per heavy atom. The van der Waals surface area contributed by atoms with Gasteiger partial charge in [0.1, 0.15) is 5.82 Å². The molecule has 3 rings (SSSR count). The van der Waals surface area contributed by atoms with Gasteiger partial charge in [0.05, 0.1) is 5.56 Å². The maximum absolute atomic E-state index is 13.4. The molecule has 2 N–H and O–H groups in total. The van der Waals surface area contributed by atoms with E-state index in [1.165, 1.54) is 12.1 Å². The van der Waals surface area contributed by atoms with E-state index in [4.69, 9.17) is 21.9 Å². The van der Waals surface area contributed by atoms with E-state index in [0.29, 0.717) is 21.9 Å². The van der Waals surface area contributed by atoms with Gasteiger partial charge >= 0.3 is 0 Å². The Labute approximate surface area is 126 Å². The van der Waals surface area contributed by atoms with Crippen molar-refractivity contribution in [1.82, 2.24) is 5.16 Å². The van der Waals surface area contributed by atoms with Crippen molar-refractivity contribution in [2.24, 2.45) is 0 Å². The molecular weight excluding hydrogens is 291 g/mol. The van der Waals surface area contributed by atoms with E-state index in [-0.39, 0.29) is 11.6 Å². The van der Waals surface area contributed by atoms with Gasteiger partial charge in [-0.3, -0.25) is 0 Å². The SMILES string of the molecule is Cc1cc(Cl)cc(-c2onc(N)c2-c2cccc(F)c2)c1. The van der Waals surface area contributed by atoms with Crippen LogP contribution in [0.15, 0.2) is 47.0 Å². The lowest BCUT2D eigenvalue weighted by Gasteiger charge is -2.05. The number of hydrogen-bond donors (Lipinski definition) is 1. The highest BCUT2D eigenvalue weighted by atomic mass is 35.5. The quantitative estimate of drug-likeness (QED) is 0.747. The van der Waals surface area contributed by atoms with E-state index in [1.807, 2.05) is 19.1 Å². The molecule has 5 heteroatoms. The van der Waals surface area contributed by atoms with Crippen molar-refractivity contribution in [2.75, 3.05) is 5.73 Å². The Bertz CT molecular complexity index is 794. The second kappa shape index (κ2) is 5.22. The van der Waals surface area contributed by atoms with Crippen LogP contribution in [0.25, 0.3) is 22.5 Å². The number of nitrogens with zero attached hydrogens (tertiary/aromatic N) is 1. The molecule has 3 aromatic rings. The maximum atomic E-state index is 13.4. The molecule has 1 aromatic heterocycles. The van der Waals surface area contributed by atoms with Crippen LogP contribution in [-0.2, 0) is 0 Å². The molecule has 0 aliphatic heterocycles. The third-order valence-corrected chi connectivity index (χ3v) is 3.35. The topological polar surface area (TPSA) is 52.0 Å². The van der Waals surface area contributed by atoms with Crippen LogP contribution in [0.2, 0.25) is 5.02 Å². The van der Waals surface area contributed by atoms with Crippen LogP contribution < -0.4 is 5.73 Å². The fraction of sp³-hybridized carbons (Fsp3) is 0.0625. The summed E-state index contributed by atoms with van der Waals surface area (Å²) in [5, 5.41) is 4.38. The normalized spacial score (nSPS) is 10.8.